The summed E-state index contributed by atoms with van der Waals surface area (Å²) < 4.78 is 0. The molecule has 0 aliphatic carbocycles. The Balaban J connectivity index is 1.39. The molecule has 0 saturated carbocycles. The second kappa shape index (κ2) is 8.88. The lowest BCUT2D eigenvalue weighted by Crippen LogP contribution is -2.44. The maximum absolute atomic E-state index is 12.4. The largest absolute Gasteiger partial charge is 0.494 e. The fourth-order valence-corrected chi connectivity index (χ4v) is 4.48. The lowest BCUT2D eigenvalue weighted by atomic mass is 10.0. The third-order valence-electron chi connectivity index (χ3n) is 6.03. The maximum Gasteiger partial charge on any atom is 0.260 e. The summed E-state index contributed by atoms with van der Waals surface area (Å²) in [7, 11) is 2.08. The molecule has 3 N–H and O–H groups in total. The van der Waals surface area contributed by atoms with Crippen molar-refractivity contribution in [2.75, 3.05) is 26.7 Å². The third kappa shape index (κ3) is 4.31. The van der Waals surface area contributed by atoms with Gasteiger partial charge in [-0.15, -0.1) is 0 Å². The van der Waals surface area contributed by atoms with Crippen molar-refractivity contribution in [2.45, 2.75) is 18.9 Å². The second-order valence-electron chi connectivity index (χ2n) is 8.37. The van der Waals surface area contributed by atoms with Gasteiger partial charge in [0.05, 0.1) is 11.3 Å². The Labute approximate surface area is 195 Å². The Kier molecular flexibility index (Phi) is 5.78. The molecule has 0 unspecified atom stereocenters. The topological polar surface area (TPSA) is 102 Å². The van der Waals surface area contributed by atoms with E-state index >= 15 is 0 Å². The normalized spacial score (nSPS) is 17.9. The number of nitrogens with one attached hydrogen (secondary N) is 2. The number of aromatic hydroxyl groups is 1. The van der Waals surface area contributed by atoms with Crippen LogP contribution in [-0.2, 0) is 9.63 Å². The number of hydrogen-bond donors (Lipinski definition) is 3. The summed E-state index contributed by atoms with van der Waals surface area (Å²) in [4.78, 5) is 27.7. The van der Waals surface area contributed by atoms with E-state index in [9.17, 15) is 9.90 Å². The number of oxime groups is 1. The highest BCUT2D eigenvalue weighted by molar-refractivity contribution is 6.58. The van der Waals surface area contributed by atoms with Crippen LogP contribution in [0.2, 0.25) is 5.02 Å². The van der Waals surface area contributed by atoms with E-state index in [0.717, 1.165) is 42.4 Å². The molecule has 5 rings (SSSR count). The second-order valence-corrected chi connectivity index (χ2v) is 8.81. The first-order valence-corrected chi connectivity index (χ1v) is 11.2. The molecular weight excluding hydrogens is 442 g/mol. The molecule has 0 spiro atoms. The zero-order valence-electron chi connectivity index (χ0n) is 18.1. The molecular formula is C24H24ClN5O3. The molecule has 0 bridgehead atoms. The van der Waals surface area contributed by atoms with Crippen molar-refractivity contribution in [3.05, 3.63) is 58.6 Å². The molecule has 1 aromatic heterocycles. The monoisotopic (exact) mass is 465 g/mol. The maximum atomic E-state index is 12.4. The summed E-state index contributed by atoms with van der Waals surface area (Å²) >= 11 is 6.20. The number of benzene rings is 2. The number of hydrogen-bond acceptors (Lipinski definition) is 6. The highest BCUT2D eigenvalue weighted by atomic mass is 35.5. The molecule has 1 saturated heterocycles. The van der Waals surface area contributed by atoms with E-state index in [2.05, 4.69) is 27.4 Å². The van der Waals surface area contributed by atoms with Crippen molar-refractivity contribution < 1.29 is 14.7 Å². The first kappa shape index (κ1) is 21.5. The van der Waals surface area contributed by atoms with Crippen LogP contribution in [0.25, 0.3) is 10.9 Å². The number of fused-ring (bicyclic) bond motifs is 2. The zero-order chi connectivity index (χ0) is 22.9. The van der Waals surface area contributed by atoms with E-state index in [1.165, 1.54) is 0 Å². The number of nitrogens with zero attached hydrogens (tertiary/aromatic N) is 3. The Morgan fingerprint density at radius 3 is 2.91 bits per heavy atom. The number of halogens is 1. The van der Waals surface area contributed by atoms with Crippen LogP contribution in [0.5, 0.6) is 5.88 Å². The summed E-state index contributed by atoms with van der Waals surface area (Å²) in [5.74, 6) is -0.244. The van der Waals surface area contributed by atoms with Gasteiger partial charge in [0.1, 0.15) is 11.4 Å². The van der Waals surface area contributed by atoms with Gasteiger partial charge in [0.15, 0.2) is 12.5 Å². The van der Waals surface area contributed by atoms with Gasteiger partial charge in [0.2, 0.25) is 0 Å². The van der Waals surface area contributed by atoms with Gasteiger partial charge >= 0.3 is 0 Å². The highest BCUT2D eigenvalue weighted by Gasteiger charge is 2.29. The number of H-pyrrole nitrogens is 1. The van der Waals surface area contributed by atoms with Crippen molar-refractivity contribution in [3.8, 4) is 5.88 Å². The van der Waals surface area contributed by atoms with Crippen LogP contribution in [0.4, 0.5) is 5.69 Å². The molecule has 9 heteroatoms. The highest BCUT2D eigenvalue weighted by Crippen LogP contribution is 2.36. The Morgan fingerprint density at radius 2 is 2.09 bits per heavy atom. The van der Waals surface area contributed by atoms with Gasteiger partial charge < -0.3 is 25.1 Å². The molecule has 1 fully saturated rings. The molecule has 0 radical (unpaired) electrons. The van der Waals surface area contributed by atoms with Gasteiger partial charge in [-0.3, -0.25) is 4.79 Å². The van der Waals surface area contributed by atoms with E-state index < -0.39 is 0 Å². The fraction of sp³-hybridized carbons (Fsp3) is 0.292. The number of aromatic nitrogens is 1. The zero-order valence-corrected chi connectivity index (χ0v) is 18.9. The van der Waals surface area contributed by atoms with E-state index in [4.69, 9.17) is 21.4 Å². The molecule has 2 aliphatic rings. The van der Waals surface area contributed by atoms with E-state index in [-0.39, 0.29) is 24.4 Å². The Bertz CT molecular complexity index is 1270. The summed E-state index contributed by atoms with van der Waals surface area (Å²) in [6.07, 6.45) is 1.84. The van der Waals surface area contributed by atoms with Crippen molar-refractivity contribution in [2.24, 2.45) is 10.1 Å². The first-order chi connectivity index (χ1) is 16.0. The molecule has 3 aromatic rings. The van der Waals surface area contributed by atoms with Gasteiger partial charge in [-0.05, 0) is 57.2 Å². The van der Waals surface area contributed by atoms with Gasteiger partial charge in [-0.1, -0.05) is 35.0 Å². The van der Waals surface area contributed by atoms with Crippen LogP contribution in [0, 0.1) is 0 Å². The van der Waals surface area contributed by atoms with Crippen molar-refractivity contribution >= 4 is 45.5 Å². The van der Waals surface area contributed by atoms with Gasteiger partial charge in [0.25, 0.3) is 5.91 Å². The van der Waals surface area contributed by atoms with Gasteiger partial charge in [-0.2, -0.15) is 0 Å². The molecule has 8 nitrogen and oxygen atoms in total. The number of carbonyl (C=O) groups is 1. The van der Waals surface area contributed by atoms with Crippen LogP contribution >= 0.6 is 11.6 Å². The number of aliphatic imine (C=N–C) groups is 1. The summed E-state index contributed by atoms with van der Waals surface area (Å²) in [5, 5.41) is 19.2. The quantitative estimate of drug-likeness (QED) is 0.501. The average molecular weight is 466 g/mol. The number of rotatable bonds is 5. The van der Waals surface area contributed by atoms with Crippen molar-refractivity contribution in [3.63, 3.8) is 0 Å². The van der Waals surface area contributed by atoms with Crippen LogP contribution in [0.1, 0.15) is 24.0 Å². The standard InChI is InChI=1S/C24H24ClN5O3/c1-30-10-8-15(9-11-30)26-20(31)13-33-29-22-16-4-2-3-5-18(16)27-23(22)21-17-12-14(25)6-7-19(17)28-24(21)32/h2-7,12,15,28,32H,8-11,13H2,1H3,(H,26,31). The Hall–Kier alpha value is -3.36. The third-order valence-corrected chi connectivity index (χ3v) is 6.26. The first-order valence-electron chi connectivity index (χ1n) is 10.9. The molecule has 2 aromatic carbocycles. The van der Waals surface area contributed by atoms with Gasteiger partial charge in [-0.25, -0.2) is 4.99 Å². The van der Waals surface area contributed by atoms with E-state index in [1.54, 1.807) is 18.2 Å². The minimum Gasteiger partial charge on any atom is -0.494 e. The molecule has 170 valence electrons. The van der Waals surface area contributed by atoms with Crippen LogP contribution in [0.15, 0.2) is 52.6 Å². The summed E-state index contributed by atoms with van der Waals surface area (Å²) in [6.45, 7) is 1.72. The number of likely N-dealkylation sites (tertiary alicyclic amines) is 1. The predicted octanol–water partition coefficient (Wildman–Crippen LogP) is 3.59. The minimum absolute atomic E-state index is 0.0356. The molecule has 2 aliphatic heterocycles. The van der Waals surface area contributed by atoms with Crippen LogP contribution < -0.4 is 5.32 Å². The number of amides is 1. The molecule has 0 atom stereocenters. The molecule has 1 amide bonds. The number of para-hydroxylation sites is 1. The number of aromatic amines is 1. The van der Waals surface area contributed by atoms with Gasteiger partial charge in [0, 0.05) is 27.5 Å². The molecule has 33 heavy (non-hydrogen) atoms. The fourth-order valence-electron chi connectivity index (χ4n) is 4.31. The molecule has 3 heterocycles. The number of carbonyl (C=O) groups excluding carboxylic acids is 1. The SMILES string of the molecule is CN1CCC(NC(=O)CON=C2C(c3c(O)[nH]c4ccc(Cl)cc34)=Nc3ccccc32)CC1. The summed E-state index contributed by atoms with van der Waals surface area (Å²) in [5.41, 5.74) is 3.59. The minimum atomic E-state index is -0.208. The Morgan fingerprint density at radius 1 is 1.30 bits per heavy atom. The van der Waals surface area contributed by atoms with E-state index in [0.29, 0.717) is 27.7 Å². The predicted molar refractivity (Wildman–Crippen MR) is 129 cm³/mol. The van der Waals surface area contributed by atoms with Crippen LogP contribution in [-0.4, -0.2) is 65.1 Å². The van der Waals surface area contributed by atoms with Crippen LogP contribution in [0.3, 0.4) is 0 Å². The lowest BCUT2D eigenvalue weighted by molar-refractivity contribution is -0.126. The lowest BCUT2D eigenvalue weighted by Gasteiger charge is -2.29. The smallest absolute Gasteiger partial charge is 0.260 e. The average Bonchev–Trinajstić information content (AvgIpc) is 3.31. The van der Waals surface area contributed by atoms with E-state index in [1.807, 2.05) is 24.3 Å². The van der Waals surface area contributed by atoms with Crippen molar-refractivity contribution in [1.82, 2.24) is 15.2 Å². The van der Waals surface area contributed by atoms with Crippen molar-refractivity contribution in [1.29, 1.82) is 0 Å². The summed E-state index contributed by atoms with van der Waals surface area (Å²) in [6, 6.07) is 13.0. The number of piperidine rings is 1.